The molecule has 0 fully saturated rings. The number of nitrogens with one attached hydrogen (secondary N) is 1. The third-order valence-electron chi connectivity index (χ3n) is 1.17. The number of hydrogen-bond donors (Lipinski definition) is 1. The molecule has 0 spiro atoms. The van der Waals surface area contributed by atoms with Crippen molar-refractivity contribution in [3.8, 4) is 0 Å². The largest absolute Gasteiger partial charge is 0.309 e. The minimum absolute atomic E-state index is 0.742. The molecule has 0 aliphatic carbocycles. The van der Waals surface area contributed by atoms with E-state index in [9.17, 15) is 0 Å². The summed E-state index contributed by atoms with van der Waals surface area (Å²) in [6.07, 6.45) is 3.50. The van der Waals surface area contributed by atoms with Crippen LogP contribution in [-0.4, -0.2) is 21.8 Å². The summed E-state index contributed by atoms with van der Waals surface area (Å²) in [5.74, 6) is 0.841. The predicted molar refractivity (Wildman–Crippen MR) is 47.5 cm³/mol. The third kappa shape index (κ3) is 3.43. The average molecular weight is 216 g/mol. The Morgan fingerprint density at radius 3 is 2.73 bits per heavy atom. The molecule has 1 aromatic heterocycles. The fourth-order valence-corrected chi connectivity index (χ4v) is 0.969. The molecular weight excluding hydrogens is 206 g/mol. The second kappa shape index (κ2) is 5.21. The second-order valence-electron chi connectivity index (χ2n) is 2.03. The molecule has 0 aliphatic heterocycles. The van der Waals surface area contributed by atoms with Crippen molar-refractivity contribution in [1.82, 2.24) is 15.3 Å². The van der Waals surface area contributed by atoms with Crippen LogP contribution in [0.15, 0.2) is 18.5 Å². The van der Waals surface area contributed by atoms with Crippen molar-refractivity contribution in [3.63, 3.8) is 0 Å². The summed E-state index contributed by atoms with van der Waals surface area (Å²) in [5.41, 5.74) is 0. The van der Waals surface area contributed by atoms with Crippen molar-refractivity contribution >= 4 is 15.9 Å². The van der Waals surface area contributed by atoms with Gasteiger partial charge in [-0.2, -0.15) is 0 Å². The molecule has 1 N–H and O–H groups in total. The van der Waals surface area contributed by atoms with Crippen LogP contribution in [-0.2, 0) is 6.54 Å². The first-order valence-corrected chi connectivity index (χ1v) is 4.58. The molecule has 0 amide bonds. The number of aromatic nitrogens is 2. The maximum atomic E-state index is 4.06. The third-order valence-corrected chi connectivity index (χ3v) is 1.57. The monoisotopic (exact) mass is 215 g/mol. The van der Waals surface area contributed by atoms with Crippen molar-refractivity contribution in [2.75, 3.05) is 11.9 Å². The van der Waals surface area contributed by atoms with E-state index in [1.807, 2.05) is 6.07 Å². The van der Waals surface area contributed by atoms with E-state index in [2.05, 4.69) is 31.2 Å². The smallest absolute Gasteiger partial charge is 0.141 e. The molecule has 60 valence electrons. The van der Waals surface area contributed by atoms with Gasteiger partial charge in [0, 0.05) is 24.3 Å². The van der Waals surface area contributed by atoms with Crippen LogP contribution in [0.25, 0.3) is 0 Å². The van der Waals surface area contributed by atoms with Crippen molar-refractivity contribution in [3.05, 3.63) is 24.3 Å². The van der Waals surface area contributed by atoms with E-state index in [0.29, 0.717) is 0 Å². The number of hydrogen-bond acceptors (Lipinski definition) is 3. The van der Waals surface area contributed by atoms with Gasteiger partial charge in [0.15, 0.2) is 0 Å². The molecule has 1 aromatic rings. The highest BCUT2D eigenvalue weighted by Gasteiger charge is 1.90. The van der Waals surface area contributed by atoms with E-state index in [0.717, 1.165) is 24.2 Å². The first-order valence-electron chi connectivity index (χ1n) is 3.46. The van der Waals surface area contributed by atoms with Crippen LogP contribution in [0.5, 0.6) is 0 Å². The molecule has 1 heterocycles. The summed E-state index contributed by atoms with van der Waals surface area (Å²) in [6.45, 7) is 1.69. The Kier molecular flexibility index (Phi) is 4.08. The SMILES string of the molecule is BrCCNCc1ncccn1. The minimum atomic E-state index is 0.742. The fraction of sp³-hybridized carbons (Fsp3) is 0.429. The maximum Gasteiger partial charge on any atom is 0.141 e. The Labute approximate surface area is 74.4 Å². The number of nitrogens with zero attached hydrogens (tertiary/aromatic N) is 2. The summed E-state index contributed by atoms with van der Waals surface area (Å²) < 4.78 is 0. The molecule has 0 saturated heterocycles. The van der Waals surface area contributed by atoms with E-state index in [4.69, 9.17) is 0 Å². The van der Waals surface area contributed by atoms with Gasteiger partial charge in [-0.25, -0.2) is 9.97 Å². The van der Waals surface area contributed by atoms with Gasteiger partial charge in [0.25, 0.3) is 0 Å². The molecule has 0 atom stereocenters. The molecule has 0 bridgehead atoms. The topological polar surface area (TPSA) is 37.8 Å². The van der Waals surface area contributed by atoms with Crippen LogP contribution in [0.1, 0.15) is 5.82 Å². The first kappa shape index (κ1) is 8.62. The average Bonchev–Trinajstić information content (AvgIpc) is 2.07. The summed E-state index contributed by atoms with van der Waals surface area (Å²) in [5, 5.41) is 4.14. The zero-order chi connectivity index (χ0) is 7.94. The van der Waals surface area contributed by atoms with Crippen LogP contribution < -0.4 is 5.32 Å². The lowest BCUT2D eigenvalue weighted by Gasteiger charge is -1.98. The molecule has 0 aliphatic rings. The lowest BCUT2D eigenvalue weighted by atomic mass is 10.5. The van der Waals surface area contributed by atoms with E-state index in [1.165, 1.54) is 0 Å². The van der Waals surface area contributed by atoms with Gasteiger partial charge in [-0.1, -0.05) is 15.9 Å². The van der Waals surface area contributed by atoms with Gasteiger partial charge in [0.2, 0.25) is 0 Å². The van der Waals surface area contributed by atoms with Crippen LogP contribution in [0.2, 0.25) is 0 Å². The molecule has 0 aromatic carbocycles. The van der Waals surface area contributed by atoms with E-state index < -0.39 is 0 Å². The summed E-state index contributed by atoms with van der Waals surface area (Å²) in [4.78, 5) is 8.12. The van der Waals surface area contributed by atoms with Gasteiger partial charge in [-0.3, -0.25) is 0 Å². The molecule has 0 unspecified atom stereocenters. The lowest BCUT2D eigenvalue weighted by molar-refractivity contribution is 0.696. The molecule has 3 nitrogen and oxygen atoms in total. The molecule has 1 rings (SSSR count). The maximum absolute atomic E-state index is 4.06. The summed E-state index contributed by atoms with van der Waals surface area (Å²) >= 11 is 3.32. The standard InChI is InChI=1S/C7H10BrN3/c8-2-5-9-6-7-10-3-1-4-11-7/h1,3-4,9H,2,5-6H2. The van der Waals surface area contributed by atoms with Gasteiger partial charge >= 0.3 is 0 Å². The molecule has 4 heteroatoms. The molecule has 0 radical (unpaired) electrons. The minimum Gasteiger partial charge on any atom is -0.309 e. The number of halogens is 1. The quantitative estimate of drug-likeness (QED) is 0.601. The Bertz CT molecular complexity index is 190. The van der Waals surface area contributed by atoms with Crippen molar-refractivity contribution in [2.45, 2.75) is 6.54 Å². The lowest BCUT2D eigenvalue weighted by Crippen LogP contribution is -2.17. The van der Waals surface area contributed by atoms with Crippen molar-refractivity contribution in [1.29, 1.82) is 0 Å². The Hall–Kier alpha value is -0.480. The van der Waals surface area contributed by atoms with E-state index >= 15 is 0 Å². The van der Waals surface area contributed by atoms with Crippen LogP contribution in [0, 0.1) is 0 Å². The van der Waals surface area contributed by atoms with Crippen molar-refractivity contribution < 1.29 is 0 Å². The highest BCUT2D eigenvalue weighted by Crippen LogP contribution is 1.85. The Morgan fingerprint density at radius 1 is 1.36 bits per heavy atom. The van der Waals surface area contributed by atoms with Gasteiger partial charge in [-0.15, -0.1) is 0 Å². The van der Waals surface area contributed by atoms with E-state index in [1.54, 1.807) is 12.4 Å². The first-order chi connectivity index (χ1) is 5.43. The highest BCUT2D eigenvalue weighted by atomic mass is 79.9. The zero-order valence-corrected chi connectivity index (χ0v) is 7.71. The highest BCUT2D eigenvalue weighted by molar-refractivity contribution is 9.09. The van der Waals surface area contributed by atoms with E-state index in [-0.39, 0.29) is 0 Å². The summed E-state index contributed by atoms with van der Waals surface area (Å²) in [7, 11) is 0. The Balaban J connectivity index is 2.28. The van der Waals surface area contributed by atoms with Gasteiger partial charge < -0.3 is 5.32 Å². The van der Waals surface area contributed by atoms with Crippen LogP contribution in [0.3, 0.4) is 0 Å². The normalized spacial score (nSPS) is 9.91. The fourth-order valence-electron chi connectivity index (χ4n) is 0.688. The molecular formula is C7H10BrN3. The van der Waals surface area contributed by atoms with Gasteiger partial charge in [-0.05, 0) is 6.07 Å². The summed E-state index contributed by atoms with van der Waals surface area (Å²) in [6, 6.07) is 1.81. The van der Waals surface area contributed by atoms with Crippen molar-refractivity contribution in [2.24, 2.45) is 0 Å². The van der Waals surface area contributed by atoms with Crippen LogP contribution >= 0.6 is 15.9 Å². The Morgan fingerprint density at radius 2 is 2.09 bits per heavy atom. The molecule has 11 heavy (non-hydrogen) atoms. The molecule has 0 saturated carbocycles. The second-order valence-corrected chi connectivity index (χ2v) is 2.82. The number of alkyl halides is 1. The predicted octanol–water partition coefficient (Wildman–Crippen LogP) is 0.961. The number of rotatable bonds is 4. The van der Waals surface area contributed by atoms with Gasteiger partial charge in [0.05, 0.1) is 6.54 Å². The zero-order valence-electron chi connectivity index (χ0n) is 6.13. The van der Waals surface area contributed by atoms with Crippen LogP contribution in [0.4, 0.5) is 0 Å². The van der Waals surface area contributed by atoms with Gasteiger partial charge in [0.1, 0.15) is 5.82 Å².